The first-order valence-corrected chi connectivity index (χ1v) is 5.03. The molecule has 0 amide bonds. The Kier molecular flexibility index (Phi) is 2.10. The highest BCUT2D eigenvalue weighted by Crippen LogP contribution is 2.02. The molecule has 0 saturated carbocycles. The molecule has 1 aliphatic rings. The Morgan fingerprint density at radius 1 is 1.33 bits per heavy atom. The molecule has 2 heterocycles. The summed E-state index contributed by atoms with van der Waals surface area (Å²) in [6, 6.07) is 0. The van der Waals surface area contributed by atoms with E-state index in [1.807, 2.05) is 4.68 Å². The lowest BCUT2D eigenvalue weighted by atomic mass is 10.3. The number of rotatable bonds is 0. The van der Waals surface area contributed by atoms with Gasteiger partial charge in [0.25, 0.3) is 0 Å². The van der Waals surface area contributed by atoms with Crippen molar-refractivity contribution in [2.45, 2.75) is 25.9 Å². The lowest BCUT2D eigenvalue weighted by Crippen LogP contribution is -2.30. The standard InChI is InChI=1S/C6H9N3OS2/c10-6-9-4-2-1-3-8(9)5(7-11)12-6/h11H,1-4H2. The predicted molar refractivity (Wildman–Crippen MR) is 50.4 cm³/mol. The molecule has 1 aromatic rings. The van der Waals surface area contributed by atoms with Crippen LogP contribution in [0.4, 0.5) is 0 Å². The molecule has 12 heavy (non-hydrogen) atoms. The van der Waals surface area contributed by atoms with Gasteiger partial charge in [-0.25, -0.2) is 4.68 Å². The summed E-state index contributed by atoms with van der Waals surface area (Å²) in [7, 11) is 0. The maximum Gasteiger partial charge on any atom is 0.325 e. The van der Waals surface area contributed by atoms with Gasteiger partial charge in [-0.1, -0.05) is 0 Å². The summed E-state index contributed by atoms with van der Waals surface area (Å²) in [5, 5.41) is 0. The number of hydrogen-bond donors (Lipinski definition) is 1. The van der Waals surface area contributed by atoms with Gasteiger partial charge in [-0.05, 0) is 37.0 Å². The number of fused-ring (bicyclic) bond motifs is 1. The number of thiol groups is 1. The summed E-state index contributed by atoms with van der Waals surface area (Å²) in [5.41, 5.74) is 0. The summed E-state index contributed by atoms with van der Waals surface area (Å²) >= 11 is 4.98. The van der Waals surface area contributed by atoms with E-state index in [2.05, 4.69) is 17.2 Å². The smallest absolute Gasteiger partial charge is 0.256 e. The highest BCUT2D eigenvalue weighted by atomic mass is 32.1. The van der Waals surface area contributed by atoms with Crippen LogP contribution in [-0.4, -0.2) is 9.36 Å². The van der Waals surface area contributed by atoms with E-state index in [1.54, 1.807) is 4.68 Å². The van der Waals surface area contributed by atoms with E-state index in [-0.39, 0.29) is 4.87 Å². The molecule has 0 fully saturated rings. The van der Waals surface area contributed by atoms with E-state index in [4.69, 9.17) is 0 Å². The fourth-order valence-corrected chi connectivity index (χ4v) is 2.42. The molecule has 0 saturated heterocycles. The van der Waals surface area contributed by atoms with Crippen LogP contribution in [0.1, 0.15) is 12.8 Å². The molecule has 6 heteroatoms. The molecule has 0 aromatic carbocycles. The molecule has 0 aliphatic carbocycles. The van der Waals surface area contributed by atoms with Gasteiger partial charge in [0.1, 0.15) is 0 Å². The van der Waals surface area contributed by atoms with Gasteiger partial charge in [0.05, 0.1) is 0 Å². The third kappa shape index (κ3) is 1.15. The van der Waals surface area contributed by atoms with Crippen molar-refractivity contribution < 1.29 is 0 Å². The average Bonchev–Trinajstić information content (AvgIpc) is 2.44. The van der Waals surface area contributed by atoms with Crippen LogP contribution in [0.3, 0.4) is 0 Å². The molecule has 0 atom stereocenters. The highest BCUT2D eigenvalue weighted by molar-refractivity contribution is 7.78. The largest absolute Gasteiger partial charge is 0.325 e. The van der Waals surface area contributed by atoms with Crippen molar-refractivity contribution in [3.63, 3.8) is 0 Å². The average molecular weight is 203 g/mol. The fourth-order valence-electron chi connectivity index (χ4n) is 1.41. The van der Waals surface area contributed by atoms with Gasteiger partial charge in [-0.15, -0.1) is 0 Å². The van der Waals surface area contributed by atoms with E-state index in [0.717, 1.165) is 37.3 Å². The van der Waals surface area contributed by atoms with Crippen molar-refractivity contribution in [3.8, 4) is 0 Å². The molecule has 0 N–H and O–H groups in total. The molecule has 1 aromatic heterocycles. The molecule has 4 nitrogen and oxygen atoms in total. The predicted octanol–water partition coefficient (Wildman–Crippen LogP) is 0.251. The van der Waals surface area contributed by atoms with Gasteiger partial charge in [0.2, 0.25) is 4.80 Å². The second-order valence-corrected chi connectivity index (χ2v) is 3.82. The number of aromatic nitrogens is 2. The minimum absolute atomic E-state index is 0.0718. The van der Waals surface area contributed by atoms with E-state index >= 15 is 0 Å². The van der Waals surface area contributed by atoms with E-state index in [0.29, 0.717) is 4.80 Å². The maximum absolute atomic E-state index is 11.3. The first-order valence-electron chi connectivity index (χ1n) is 3.82. The van der Waals surface area contributed by atoms with Crippen molar-refractivity contribution in [1.82, 2.24) is 9.36 Å². The van der Waals surface area contributed by atoms with Gasteiger partial charge in [0.15, 0.2) is 0 Å². The minimum Gasteiger partial charge on any atom is -0.256 e. The molecule has 0 radical (unpaired) electrons. The molecule has 66 valence electrons. The lowest BCUT2D eigenvalue weighted by Gasteiger charge is -2.15. The molecule has 0 spiro atoms. The molecule has 1 aliphatic heterocycles. The lowest BCUT2D eigenvalue weighted by molar-refractivity contribution is 0.346. The molecule has 0 unspecified atom stereocenters. The highest BCUT2D eigenvalue weighted by Gasteiger charge is 2.11. The Morgan fingerprint density at radius 2 is 2.00 bits per heavy atom. The quantitative estimate of drug-likeness (QED) is 0.603. The Morgan fingerprint density at radius 3 is 2.67 bits per heavy atom. The minimum atomic E-state index is 0.0718. The summed E-state index contributed by atoms with van der Waals surface area (Å²) < 4.78 is 7.41. The summed E-state index contributed by atoms with van der Waals surface area (Å²) in [6.45, 7) is 1.71. The van der Waals surface area contributed by atoms with E-state index in [9.17, 15) is 4.79 Å². The van der Waals surface area contributed by atoms with Crippen molar-refractivity contribution in [2.24, 2.45) is 4.40 Å². The van der Waals surface area contributed by atoms with Gasteiger partial charge in [-0.2, -0.15) is 4.40 Å². The van der Waals surface area contributed by atoms with Crippen molar-refractivity contribution in [3.05, 3.63) is 14.5 Å². The molecular formula is C6H9N3OS2. The fraction of sp³-hybridized carbons (Fsp3) is 0.667. The normalized spacial score (nSPS) is 17.9. The Balaban J connectivity index is 2.70. The van der Waals surface area contributed by atoms with Gasteiger partial charge in [0, 0.05) is 13.1 Å². The van der Waals surface area contributed by atoms with Crippen LogP contribution in [0.2, 0.25) is 0 Å². The molecule has 2 rings (SSSR count). The van der Waals surface area contributed by atoms with Crippen molar-refractivity contribution in [2.75, 3.05) is 0 Å². The van der Waals surface area contributed by atoms with Crippen LogP contribution >= 0.6 is 24.2 Å². The van der Waals surface area contributed by atoms with E-state index in [1.165, 1.54) is 0 Å². The zero-order valence-electron chi connectivity index (χ0n) is 6.43. The Hall–Kier alpha value is -0.490. The Labute approximate surface area is 78.7 Å². The topological polar surface area (TPSA) is 39.3 Å². The van der Waals surface area contributed by atoms with Crippen molar-refractivity contribution in [1.29, 1.82) is 0 Å². The van der Waals surface area contributed by atoms with Crippen LogP contribution in [0, 0.1) is 0 Å². The second kappa shape index (κ2) is 3.10. The van der Waals surface area contributed by atoms with Gasteiger partial charge >= 0.3 is 4.87 Å². The first-order chi connectivity index (χ1) is 5.83. The second-order valence-electron chi connectivity index (χ2n) is 2.70. The molecule has 0 bridgehead atoms. The number of hydrogen-bond acceptors (Lipinski definition) is 4. The summed E-state index contributed by atoms with van der Waals surface area (Å²) in [5.74, 6) is 0. The van der Waals surface area contributed by atoms with Gasteiger partial charge in [-0.3, -0.25) is 9.48 Å². The van der Waals surface area contributed by atoms with Crippen molar-refractivity contribution >= 4 is 24.2 Å². The summed E-state index contributed by atoms with van der Waals surface area (Å²) in [6.07, 6.45) is 2.21. The van der Waals surface area contributed by atoms with Crippen LogP contribution in [0.5, 0.6) is 0 Å². The van der Waals surface area contributed by atoms with Crippen LogP contribution in [0.15, 0.2) is 9.19 Å². The van der Waals surface area contributed by atoms with Crippen LogP contribution in [0.25, 0.3) is 0 Å². The zero-order valence-corrected chi connectivity index (χ0v) is 8.14. The first kappa shape index (κ1) is 8.12. The SMILES string of the molecule is O=c1sc(=NS)n2n1CCCC2. The number of nitrogens with zero attached hydrogens (tertiary/aromatic N) is 3. The van der Waals surface area contributed by atoms with Crippen LogP contribution in [-0.2, 0) is 13.1 Å². The summed E-state index contributed by atoms with van der Waals surface area (Å²) in [4.78, 5) is 12.1. The maximum atomic E-state index is 11.3. The van der Waals surface area contributed by atoms with Gasteiger partial charge < -0.3 is 0 Å². The van der Waals surface area contributed by atoms with E-state index < -0.39 is 0 Å². The monoisotopic (exact) mass is 203 g/mol. The van der Waals surface area contributed by atoms with Crippen LogP contribution < -0.4 is 9.67 Å². The third-order valence-corrected chi connectivity index (χ3v) is 3.17. The zero-order chi connectivity index (χ0) is 8.55. The third-order valence-electron chi connectivity index (χ3n) is 1.98. The Bertz CT molecular complexity index is 400. The molecular weight excluding hydrogens is 194 g/mol.